The summed E-state index contributed by atoms with van der Waals surface area (Å²) in [5, 5.41) is 7.78. The minimum atomic E-state index is -0.537. The largest absolute Gasteiger partial charge is 0.375 e. The van der Waals surface area contributed by atoms with E-state index in [2.05, 4.69) is 29.2 Å². The van der Waals surface area contributed by atoms with Crippen molar-refractivity contribution in [3.8, 4) is 0 Å². The van der Waals surface area contributed by atoms with Gasteiger partial charge in [0.05, 0.1) is 12.7 Å². The van der Waals surface area contributed by atoms with Crippen molar-refractivity contribution in [2.45, 2.75) is 44.8 Å². The molecule has 3 rings (SSSR count). The molecule has 0 spiro atoms. The molecule has 7 nitrogen and oxygen atoms in total. The molecule has 0 saturated carbocycles. The normalized spacial score (nSPS) is 21.2. The number of nitrogens with one attached hydrogen (secondary N) is 1. The first-order valence-corrected chi connectivity index (χ1v) is 10.0. The maximum Gasteiger partial charge on any atom is 0.250 e. The Hall–Kier alpha value is -0.860. The molecule has 162 valence electrons. The van der Waals surface area contributed by atoms with Crippen LogP contribution in [0.25, 0.3) is 0 Å². The highest BCUT2D eigenvalue weighted by molar-refractivity contribution is 5.86. The maximum atomic E-state index is 13.4. The van der Waals surface area contributed by atoms with Crippen LogP contribution in [0.1, 0.15) is 33.1 Å². The molecule has 2 saturated heterocycles. The van der Waals surface area contributed by atoms with Crippen LogP contribution in [0.3, 0.4) is 0 Å². The highest BCUT2D eigenvalue weighted by Gasteiger charge is 2.45. The summed E-state index contributed by atoms with van der Waals surface area (Å²) >= 11 is 0. The number of aromatic nitrogens is 2. The molecule has 1 N–H and O–H groups in total. The van der Waals surface area contributed by atoms with Gasteiger partial charge in [0.25, 0.3) is 5.91 Å². The lowest BCUT2D eigenvalue weighted by molar-refractivity contribution is -0.142. The van der Waals surface area contributed by atoms with Crippen molar-refractivity contribution in [1.29, 1.82) is 0 Å². The van der Waals surface area contributed by atoms with Crippen molar-refractivity contribution >= 4 is 30.7 Å². The first-order chi connectivity index (χ1) is 12.7. The summed E-state index contributed by atoms with van der Waals surface area (Å²) in [5.41, 5.74) is -0.537. The van der Waals surface area contributed by atoms with E-state index in [1.165, 1.54) is 0 Å². The number of ether oxygens (including phenoxy) is 1. The second-order valence-corrected chi connectivity index (χ2v) is 7.29. The van der Waals surface area contributed by atoms with Gasteiger partial charge in [-0.25, -0.2) is 0 Å². The summed E-state index contributed by atoms with van der Waals surface area (Å²) in [6.07, 6.45) is 6.36. The van der Waals surface area contributed by atoms with Crippen LogP contribution in [0.15, 0.2) is 18.5 Å². The number of likely N-dealkylation sites (tertiary alicyclic amines) is 1. The van der Waals surface area contributed by atoms with Gasteiger partial charge in [0.1, 0.15) is 5.54 Å². The lowest BCUT2D eigenvalue weighted by atomic mass is 9.87. The fraction of sp³-hybridized carbons (Fsp3) is 0.789. The molecule has 28 heavy (non-hydrogen) atoms. The average molecular weight is 436 g/mol. The molecular weight excluding hydrogens is 401 g/mol. The Morgan fingerprint density at radius 3 is 2.61 bits per heavy atom. The van der Waals surface area contributed by atoms with Crippen molar-refractivity contribution < 1.29 is 9.53 Å². The zero-order valence-corrected chi connectivity index (χ0v) is 18.6. The summed E-state index contributed by atoms with van der Waals surface area (Å²) in [6.45, 7) is 11.3. The molecule has 1 aromatic heterocycles. The first kappa shape index (κ1) is 25.2. The number of hydrogen-bond donors (Lipinski definition) is 1. The standard InChI is InChI=1S/C19H33N5O2.2ClH/c1-3-22(4-2)14-15-26-17-6-13-23(16-17)18(25)19(7-10-20-11-8-19)24-12-5-9-21-24;;/h5,9,12,17,20H,3-4,6-8,10-11,13-16H2,1-2H3;2*1H. The quantitative estimate of drug-likeness (QED) is 0.673. The zero-order chi connectivity index (χ0) is 18.4. The van der Waals surface area contributed by atoms with E-state index >= 15 is 0 Å². The summed E-state index contributed by atoms with van der Waals surface area (Å²) in [6, 6.07) is 1.90. The number of carbonyl (C=O) groups excluding carboxylic acids is 1. The van der Waals surface area contributed by atoms with Crippen LogP contribution in [0.5, 0.6) is 0 Å². The van der Waals surface area contributed by atoms with Gasteiger partial charge in [-0.3, -0.25) is 9.48 Å². The third kappa shape index (κ3) is 5.60. The van der Waals surface area contributed by atoms with E-state index in [-0.39, 0.29) is 36.8 Å². The Bertz CT molecular complexity index is 563. The molecule has 1 unspecified atom stereocenters. The molecule has 1 aromatic rings. The number of hydrogen-bond acceptors (Lipinski definition) is 5. The lowest BCUT2D eigenvalue weighted by Crippen LogP contribution is -2.55. The van der Waals surface area contributed by atoms with Crippen LogP contribution in [0, 0.1) is 0 Å². The minimum absolute atomic E-state index is 0. The van der Waals surface area contributed by atoms with Crippen LogP contribution < -0.4 is 5.32 Å². The molecule has 0 radical (unpaired) electrons. The Kier molecular flexibility index (Phi) is 10.8. The number of amides is 1. The predicted octanol–water partition coefficient (Wildman–Crippen LogP) is 1.76. The zero-order valence-electron chi connectivity index (χ0n) is 17.0. The number of halogens is 2. The van der Waals surface area contributed by atoms with Crippen molar-refractivity contribution in [3.63, 3.8) is 0 Å². The molecule has 0 aromatic carbocycles. The van der Waals surface area contributed by atoms with Crippen molar-refractivity contribution in [2.24, 2.45) is 0 Å². The van der Waals surface area contributed by atoms with Gasteiger partial charge >= 0.3 is 0 Å². The van der Waals surface area contributed by atoms with Crippen molar-refractivity contribution in [2.75, 3.05) is 52.4 Å². The molecule has 2 fully saturated rings. The molecule has 1 amide bonds. The van der Waals surface area contributed by atoms with E-state index < -0.39 is 5.54 Å². The Balaban J connectivity index is 0.00000196. The predicted molar refractivity (Wildman–Crippen MR) is 116 cm³/mol. The fourth-order valence-corrected chi connectivity index (χ4v) is 4.13. The minimum Gasteiger partial charge on any atom is -0.375 e. The highest BCUT2D eigenvalue weighted by atomic mass is 35.5. The van der Waals surface area contributed by atoms with Gasteiger partial charge < -0.3 is 19.9 Å². The van der Waals surface area contributed by atoms with E-state index in [4.69, 9.17) is 4.74 Å². The van der Waals surface area contributed by atoms with Crippen LogP contribution in [-0.2, 0) is 15.1 Å². The third-order valence-electron chi connectivity index (χ3n) is 5.86. The molecule has 3 heterocycles. The summed E-state index contributed by atoms with van der Waals surface area (Å²) in [5.74, 6) is 0.206. The van der Waals surface area contributed by atoms with E-state index in [0.717, 1.165) is 65.1 Å². The number of nitrogens with zero attached hydrogens (tertiary/aromatic N) is 4. The van der Waals surface area contributed by atoms with E-state index in [1.54, 1.807) is 6.20 Å². The number of carbonyl (C=O) groups is 1. The smallest absolute Gasteiger partial charge is 0.250 e. The van der Waals surface area contributed by atoms with Gasteiger partial charge in [-0.1, -0.05) is 13.8 Å². The second-order valence-electron chi connectivity index (χ2n) is 7.29. The van der Waals surface area contributed by atoms with Crippen LogP contribution >= 0.6 is 24.8 Å². The number of piperidine rings is 1. The highest BCUT2D eigenvalue weighted by Crippen LogP contribution is 2.31. The van der Waals surface area contributed by atoms with Gasteiger partial charge in [0.15, 0.2) is 0 Å². The number of likely N-dealkylation sites (N-methyl/N-ethyl adjacent to an activating group) is 1. The number of rotatable bonds is 8. The van der Waals surface area contributed by atoms with E-state index in [9.17, 15) is 4.79 Å². The first-order valence-electron chi connectivity index (χ1n) is 10.0. The SMILES string of the molecule is CCN(CC)CCOC1CCN(C(=O)C2(n3cccn3)CCNCC2)C1.Cl.Cl. The molecule has 9 heteroatoms. The molecule has 1 atom stereocenters. The molecule has 2 aliphatic heterocycles. The summed E-state index contributed by atoms with van der Waals surface area (Å²) in [7, 11) is 0. The van der Waals surface area contributed by atoms with Gasteiger partial charge in [-0.2, -0.15) is 5.10 Å². The summed E-state index contributed by atoms with van der Waals surface area (Å²) < 4.78 is 7.94. The fourth-order valence-electron chi connectivity index (χ4n) is 4.13. The monoisotopic (exact) mass is 435 g/mol. The Morgan fingerprint density at radius 2 is 2.00 bits per heavy atom. The van der Waals surface area contributed by atoms with Gasteiger partial charge in [0, 0.05) is 32.0 Å². The van der Waals surface area contributed by atoms with Crippen molar-refractivity contribution in [1.82, 2.24) is 24.9 Å². The van der Waals surface area contributed by atoms with E-state index in [1.807, 2.05) is 21.8 Å². The maximum absolute atomic E-state index is 13.4. The van der Waals surface area contributed by atoms with Gasteiger partial charge in [-0.15, -0.1) is 24.8 Å². The lowest BCUT2D eigenvalue weighted by Gasteiger charge is -2.39. The molecular formula is C19H35Cl2N5O2. The van der Waals surface area contributed by atoms with E-state index in [0.29, 0.717) is 6.54 Å². The third-order valence-corrected chi connectivity index (χ3v) is 5.86. The van der Waals surface area contributed by atoms with Gasteiger partial charge in [-0.05, 0) is 51.5 Å². The molecule has 2 aliphatic rings. The topological polar surface area (TPSA) is 62.6 Å². The van der Waals surface area contributed by atoms with Crippen LogP contribution in [0.2, 0.25) is 0 Å². The molecule has 0 aliphatic carbocycles. The second kappa shape index (κ2) is 12.0. The Labute approximate surface area is 181 Å². The van der Waals surface area contributed by atoms with Gasteiger partial charge in [0.2, 0.25) is 0 Å². The summed E-state index contributed by atoms with van der Waals surface area (Å²) in [4.78, 5) is 17.8. The van der Waals surface area contributed by atoms with Crippen LogP contribution in [0.4, 0.5) is 0 Å². The molecule has 0 bridgehead atoms. The van der Waals surface area contributed by atoms with Crippen molar-refractivity contribution in [3.05, 3.63) is 18.5 Å². The average Bonchev–Trinajstić information content (AvgIpc) is 3.37. The van der Waals surface area contributed by atoms with Crippen LogP contribution in [-0.4, -0.2) is 84.0 Å². The Morgan fingerprint density at radius 1 is 1.29 bits per heavy atom.